The molecule has 1 fully saturated rings. The van der Waals surface area contributed by atoms with Crippen LogP contribution in [0.1, 0.15) is 58.3 Å². The predicted molar refractivity (Wildman–Crippen MR) is 104 cm³/mol. The van der Waals surface area contributed by atoms with Crippen LogP contribution < -0.4 is 16.0 Å². The van der Waals surface area contributed by atoms with Gasteiger partial charge in [-0.2, -0.15) is 0 Å². The van der Waals surface area contributed by atoms with Gasteiger partial charge in [-0.15, -0.1) is 24.0 Å². The number of halogens is 1. The lowest BCUT2D eigenvalue weighted by atomic mass is 9.87. The topological polar surface area (TPSA) is 65.5 Å². The molecule has 1 saturated carbocycles. The Balaban J connectivity index is 0.00000441. The first-order valence-electron chi connectivity index (χ1n) is 8.47. The standard InChI is InChI=1S/C16H32N4O.HI/c1-3-4-10-19-16(17-2)20-12-11-18-15(21)13-14-8-6-5-7-9-14;/h14H,3-13H2,1-2H3,(H,18,21)(H2,17,19,20);1H. The molecule has 0 heterocycles. The minimum Gasteiger partial charge on any atom is -0.356 e. The Kier molecular flexibility index (Phi) is 13.7. The molecule has 1 aliphatic rings. The van der Waals surface area contributed by atoms with Crippen LogP contribution >= 0.6 is 24.0 Å². The smallest absolute Gasteiger partial charge is 0.220 e. The van der Waals surface area contributed by atoms with Crippen molar-refractivity contribution in [1.82, 2.24) is 16.0 Å². The number of aliphatic imine (C=N–C) groups is 1. The van der Waals surface area contributed by atoms with Crippen molar-refractivity contribution in [3.05, 3.63) is 0 Å². The zero-order chi connectivity index (χ0) is 15.3. The normalized spacial score (nSPS) is 15.8. The van der Waals surface area contributed by atoms with Gasteiger partial charge in [0.1, 0.15) is 0 Å². The summed E-state index contributed by atoms with van der Waals surface area (Å²) < 4.78 is 0. The first kappa shape index (κ1) is 21.5. The van der Waals surface area contributed by atoms with Gasteiger partial charge in [0, 0.05) is 33.1 Å². The van der Waals surface area contributed by atoms with Crippen molar-refractivity contribution in [1.29, 1.82) is 0 Å². The third kappa shape index (κ3) is 10.2. The van der Waals surface area contributed by atoms with Crippen molar-refractivity contribution in [3.8, 4) is 0 Å². The molecule has 0 aromatic rings. The molecule has 1 aliphatic carbocycles. The molecule has 0 spiro atoms. The van der Waals surface area contributed by atoms with Crippen molar-refractivity contribution in [3.63, 3.8) is 0 Å². The van der Waals surface area contributed by atoms with Gasteiger partial charge in [-0.3, -0.25) is 9.79 Å². The number of hydrogen-bond acceptors (Lipinski definition) is 2. The van der Waals surface area contributed by atoms with Gasteiger partial charge in [0.2, 0.25) is 5.91 Å². The van der Waals surface area contributed by atoms with Crippen LogP contribution in [-0.4, -0.2) is 38.5 Å². The molecule has 0 bridgehead atoms. The minimum atomic E-state index is 0. The Morgan fingerprint density at radius 1 is 1.05 bits per heavy atom. The number of unbranched alkanes of at least 4 members (excludes halogenated alkanes) is 1. The SMILES string of the molecule is CCCCNC(=NC)NCCNC(=O)CC1CCCCC1.I. The van der Waals surface area contributed by atoms with E-state index in [0.717, 1.165) is 18.9 Å². The fourth-order valence-electron chi connectivity index (χ4n) is 2.71. The Hall–Kier alpha value is -0.530. The quantitative estimate of drug-likeness (QED) is 0.243. The second-order valence-electron chi connectivity index (χ2n) is 5.84. The van der Waals surface area contributed by atoms with Crippen LogP contribution in [-0.2, 0) is 4.79 Å². The molecule has 0 aliphatic heterocycles. The van der Waals surface area contributed by atoms with Crippen LogP contribution in [0.25, 0.3) is 0 Å². The predicted octanol–water partition coefficient (Wildman–Crippen LogP) is 2.66. The van der Waals surface area contributed by atoms with Gasteiger partial charge in [-0.05, 0) is 25.2 Å². The third-order valence-electron chi connectivity index (χ3n) is 3.98. The molecule has 0 atom stereocenters. The number of hydrogen-bond donors (Lipinski definition) is 3. The average molecular weight is 424 g/mol. The van der Waals surface area contributed by atoms with Gasteiger partial charge in [-0.1, -0.05) is 32.6 Å². The largest absolute Gasteiger partial charge is 0.356 e. The van der Waals surface area contributed by atoms with Crippen LogP contribution in [0.15, 0.2) is 4.99 Å². The summed E-state index contributed by atoms with van der Waals surface area (Å²) in [5.41, 5.74) is 0. The monoisotopic (exact) mass is 424 g/mol. The third-order valence-corrected chi connectivity index (χ3v) is 3.98. The Morgan fingerprint density at radius 2 is 1.68 bits per heavy atom. The van der Waals surface area contributed by atoms with Crippen LogP contribution in [0.4, 0.5) is 0 Å². The second kappa shape index (κ2) is 14.1. The molecule has 0 aromatic heterocycles. The lowest BCUT2D eigenvalue weighted by Crippen LogP contribution is -2.42. The number of nitrogens with one attached hydrogen (secondary N) is 3. The Morgan fingerprint density at radius 3 is 2.32 bits per heavy atom. The first-order valence-corrected chi connectivity index (χ1v) is 8.47. The summed E-state index contributed by atoms with van der Waals surface area (Å²) in [7, 11) is 1.77. The second-order valence-corrected chi connectivity index (χ2v) is 5.84. The molecule has 0 radical (unpaired) electrons. The van der Waals surface area contributed by atoms with E-state index >= 15 is 0 Å². The summed E-state index contributed by atoms with van der Waals surface area (Å²) in [4.78, 5) is 16.0. The molecule has 5 nitrogen and oxygen atoms in total. The van der Waals surface area contributed by atoms with Gasteiger partial charge in [-0.25, -0.2) is 0 Å². The van der Waals surface area contributed by atoms with Gasteiger partial charge in [0.25, 0.3) is 0 Å². The van der Waals surface area contributed by atoms with E-state index in [4.69, 9.17) is 0 Å². The molecular formula is C16H33IN4O. The van der Waals surface area contributed by atoms with E-state index in [1.54, 1.807) is 7.05 Å². The van der Waals surface area contributed by atoms with E-state index in [1.165, 1.54) is 38.5 Å². The summed E-state index contributed by atoms with van der Waals surface area (Å²) >= 11 is 0. The minimum absolute atomic E-state index is 0. The zero-order valence-corrected chi connectivity index (χ0v) is 16.4. The van der Waals surface area contributed by atoms with Gasteiger partial charge in [0.05, 0.1) is 0 Å². The summed E-state index contributed by atoms with van der Waals surface area (Å²) in [5, 5.41) is 9.45. The van der Waals surface area contributed by atoms with Crippen molar-refractivity contribution < 1.29 is 4.79 Å². The number of carbonyl (C=O) groups excluding carboxylic acids is 1. The number of carbonyl (C=O) groups is 1. The molecule has 3 N–H and O–H groups in total. The highest BCUT2D eigenvalue weighted by atomic mass is 127. The number of nitrogens with zero attached hydrogens (tertiary/aromatic N) is 1. The zero-order valence-electron chi connectivity index (χ0n) is 14.1. The van der Waals surface area contributed by atoms with Crippen molar-refractivity contribution in [2.24, 2.45) is 10.9 Å². The van der Waals surface area contributed by atoms with Gasteiger partial charge in [0.15, 0.2) is 5.96 Å². The number of rotatable bonds is 8. The van der Waals surface area contributed by atoms with E-state index in [-0.39, 0.29) is 29.9 Å². The molecule has 0 saturated heterocycles. The highest BCUT2D eigenvalue weighted by molar-refractivity contribution is 14.0. The summed E-state index contributed by atoms with van der Waals surface area (Å²) in [6.07, 6.45) is 9.37. The first-order chi connectivity index (χ1) is 10.3. The van der Waals surface area contributed by atoms with Crippen LogP contribution in [0.5, 0.6) is 0 Å². The maximum absolute atomic E-state index is 11.9. The highest BCUT2D eigenvalue weighted by Gasteiger charge is 2.16. The molecule has 130 valence electrons. The summed E-state index contributed by atoms with van der Waals surface area (Å²) in [6, 6.07) is 0. The van der Waals surface area contributed by atoms with Crippen LogP contribution in [0.3, 0.4) is 0 Å². The Bertz CT molecular complexity index is 317. The molecule has 1 rings (SSSR count). The van der Waals surface area contributed by atoms with E-state index in [9.17, 15) is 4.79 Å². The fraction of sp³-hybridized carbons (Fsp3) is 0.875. The molecule has 22 heavy (non-hydrogen) atoms. The lowest BCUT2D eigenvalue weighted by Gasteiger charge is -2.20. The van der Waals surface area contributed by atoms with E-state index in [1.807, 2.05) is 0 Å². The molecule has 0 aromatic carbocycles. The number of amides is 1. The van der Waals surface area contributed by atoms with E-state index in [2.05, 4.69) is 27.9 Å². The van der Waals surface area contributed by atoms with Crippen LogP contribution in [0, 0.1) is 5.92 Å². The molecule has 1 amide bonds. The molecular weight excluding hydrogens is 391 g/mol. The van der Waals surface area contributed by atoms with Crippen molar-refractivity contribution in [2.45, 2.75) is 58.3 Å². The van der Waals surface area contributed by atoms with E-state index in [0.29, 0.717) is 25.4 Å². The maximum atomic E-state index is 11.9. The van der Waals surface area contributed by atoms with Gasteiger partial charge >= 0.3 is 0 Å². The molecule has 6 heteroatoms. The average Bonchev–Trinajstić information content (AvgIpc) is 2.50. The lowest BCUT2D eigenvalue weighted by molar-refractivity contribution is -0.122. The highest BCUT2D eigenvalue weighted by Crippen LogP contribution is 2.25. The van der Waals surface area contributed by atoms with Crippen LogP contribution in [0.2, 0.25) is 0 Å². The van der Waals surface area contributed by atoms with Crippen molar-refractivity contribution in [2.75, 3.05) is 26.7 Å². The fourth-order valence-corrected chi connectivity index (χ4v) is 2.71. The van der Waals surface area contributed by atoms with E-state index < -0.39 is 0 Å². The summed E-state index contributed by atoms with van der Waals surface area (Å²) in [5.74, 6) is 1.61. The maximum Gasteiger partial charge on any atom is 0.220 e. The van der Waals surface area contributed by atoms with Gasteiger partial charge < -0.3 is 16.0 Å². The number of guanidine groups is 1. The molecule has 0 unspecified atom stereocenters. The summed E-state index contributed by atoms with van der Waals surface area (Å²) in [6.45, 7) is 4.46. The van der Waals surface area contributed by atoms with Crippen molar-refractivity contribution >= 4 is 35.8 Å². The Labute approximate surface area is 152 Å².